The van der Waals surface area contributed by atoms with E-state index in [0.717, 1.165) is 5.75 Å². The van der Waals surface area contributed by atoms with E-state index in [1.54, 1.807) is 0 Å². The van der Waals surface area contributed by atoms with Crippen LogP contribution in [0.1, 0.15) is 44.7 Å². The molecule has 2 nitrogen and oxygen atoms in total. The fourth-order valence-corrected chi connectivity index (χ4v) is 1.72. The molecule has 0 aromatic heterocycles. The van der Waals surface area contributed by atoms with Crippen LogP contribution in [0.3, 0.4) is 0 Å². The molecular formula is C15H25NO. The smallest absolute Gasteiger partial charge is 0.119 e. The maximum Gasteiger partial charge on any atom is 0.119 e. The molecule has 0 fully saturated rings. The van der Waals surface area contributed by atoms with E-state index < -0.39 is 0 Å². The summed E-state index contributed by atoms with van der Waals surface area (Å²) in [7, 11) is 0. The zero-order valence-electron chi connectivity index (χ0n) is 11.7. The van der Waals surface area contributed by atoms with Crippen molar-refractivity contribution in [1.82, 2.24) is 0 Å². The van der Waals surface area contributed by atoms with Gasteiger partial charge >= 0.3 is 0 Å². The second-order valence-electron chi connectivity index (χ2n) is 5.83. The minimum Gasteiger partial charge on any atom is -0.493 e. The number of benzene rings is 1. The quantitative estimate of drug-likeness (QED) is 0.848. The summed E-state index contributed by atoms with van der Waals surface area (Å²) in [6, 6.07) is 6.32. The molecule has 0 aliphatic rings. The molecule has 2 N–H and O–H groups in total. The van der Waals surface area contributed by atoms with Gasteiger partial charge in [-0.25, -0.2) is 0 Å². The van der Waals surface area contributed by atoms with Crippen LogP contribution in [-0.2, 0) is 0 Å². The molecule has 0 unspecified atom stereocenters. The molecular weight excluding hydrogens is 210 g/mol. The van der Waals surface area contributed by atoms with Crippen molar-refractivity contribution >= 4 is 0 Å². The van der Waals surface area contributed by atoms with Gasteiger partial charge in [0.25, 0.3) is 0 Å². The zero-order valence-corrected chi connectivity index (χ0v) is 11.7. The minimum atomic E-state index is 0.0324. The van der Waals surface area contributed by atoms with Crippen LogP contribution in [-0.4, -0.2) is 13.2 Å². The first kappa shape index (κ1) is 14.0. The van der Waals surface area contributed by atoms with E-state index in [4.69, 9.17) is 10.5 Å². The van der Waals surface area contributed by atoms with Gasteiger partial charge in [-0.15, -0.1) is 0 Å². The van der Waals surface area contributed by atoms with Gasteiger partial charge in [-0.2, -0.15) is 0 Å². The van der Waals surface area contributed by atoms with Crippen molar-refractivity contribution in [2.75, 3.05) is 13.2 Å². The molecule has 0 heterocycles. The third-order valence-electron chi connectivity index (χ3n) is 3.05. The minimum absolute atomic E-state index is 0.0324. The number of ether oxygens (including phenoxy) is 1. The Labute approximate surface area is 105 Å². The Morgan fingerprint density at radius 2 is 1.94 bits per heavy atom. The lowest BCUT2D eigenvalue weighted by molar-refractivity contribution is 0.187. The van der Waals surface area contributed by atoms with E-state index in [1.165, 1.54) is 11.1 Å². The van der Waals surface area contributed by atoms with Crippen molar-refractivity contribution in [2.45, 2.75) is 40.5 Å². The molecule has 0 radical (unpaired) electrons. The lowest BCUT2D eigenvalue weighted by Gasteiger charge is -2.23. The highest BCUT2D eigenvalue weighted by Crippen LogP contribution is 2.24. The largest absolute Gasteiger partial charge is 0.493 e. The first-order valence-corrected chi connectivity index (χ1v) is 6.29. The fraction of sp³-hybridized carbons (Fsp3) is 0.600. The zero-order chi connectivity index (χ0) is 13.1. The number of hydrogen-bond donors (Lipinski definition) is 1. The normalized spacial score (nSPS) is 11.9. The van der Waals surface area contributed by atoms with Crippen LogP contribution in [0, 0.1) is 12.3 Å². The summed E-state index contributed by atoms with van der Waals surface area (Å²) in [5.74, 6) is 1.50. The molecule has 0 atom stereocenters. The first-order chi connectivity index (χ1) is 7.85. The number of rotatable bonds is 5. The SMILES string of the molecule is Cc1cc(OCC(C)(C)CN)ccc1C(C)C. The third kappa shape index (κ3) is 4.04. The monoisotopic (exact) mass is 235 g/mol. The van der Waals surface area contributed by atoms with Crippen molar-refractivity contribution < 1.29 is 4.74 Å². The third-order valence-corrected chi connectivity index (χ3v) is 3.05. The lowest BCUT2D eigenvalue weighted by Crippen LogP contribution is -2.30. The molecule has 0 amide bonds. The van der Waals surface area contributed by atoms with Crippen molar-refractivity contribution in [1.29, 1.82) is 0 Å². The van der Waals surface area contributed by atoms with Gasteiger partial charge in [-0.05, 0) is 36.1 Å². The van der Waals surface area contributed by atoms with Crippen molar-refractivity contribution in [2.24, 2.45) is 11.1 Å². The molecule has 0 saturated carbocycles. The first-order valence-electron chi connectivity index (χ1n) is 6.29. The van der Waals surface area contributed by atoms with E-state index in [-0.39, 0.29) is 5.41 Å². The second kappa shape index (κ2) is 5.54. The van der Waals surface area contributed by atoms with Gasteiger partial charge in [0.1, 0.15) is 5.75 Å². The van der Waals surface area contributed by atoms with Gasteiger partial charge in [0.15, 0.2) is 0 Å². The summed E-state index contributed by atoms with van der Waals surface area (Å²) in [6.45, 7) is 12.1. The highest BCUT2D eigenvalue weighted by Gasteiger charge is 2.16. The molecule has 1 aromatic carbocycles. The Hall–Kier alpha value is -1.02. The molecule has 0 saturated heterocycles. The molecule has 0 aliphatic heterocycles. The summed E-state index contributed by atoms with van der Waals surface area (Å²) in [4.78, 5) is 0. The number of nitrogens with two attached hydrogens (primary N) is 1. The molecule has 17 heavy (non-hydrogen) atoms. The molecule has 0 spiro atoms. The average Bonchev–Trinajstić information content (AvgIpc) is 2.26. The van der Waals surface area contributed by atoms with Crippen molar-refractivity contribution in [3.05, 3.63) is 29.3 Å². The molecule has 2 heteroatoms. The van der Waals surface area contributed by atoms with Gasteiger partial charge < -0.3 is 10.5 Å². The molecule has 1 rings (SSSR count). The maximum absolute atomic E-state index is 5.80. The van der Waals surface area contributed by atoms with Crippen LogP contribution in [0.2, 0.25) is 0 Å². The van der Waals surface area contributed by atoms with Gasteiger partial charge in [0.05, 0.1) is 6.61 Å². The summed E-state index contributed by atoms with van der Waals surface area (Å²) in [5.41, 5.74) is 8.40. The van der Waals surface area contributed by atoms with Gasteiger partial charge in [-0.3, -0.25) is 0 Å². The highest BCUT2D eigenvalue weighted by molar-refractivity contribution is 5.36. The summed E-state index contributed by atoms with van der Waals surface area (Å²) < 4.78 is 5.80. The molecule has 96 valence electrons. The Morgan fingerprint density at radius 3 is 2.41 bits per heavy atom. The van der Waals surface area contributed by atoms with E-state index in [9.17, 15) is 0 Å². The predicted molar refractivity (Wildman–Crippen MR) is 73.6 cm³/mol. The van der Waals surface area contributed by atoms with Gasteiger partial charge in [0.2, 0.25) is 0 Å². The Bertz CT molecular complexity index is 369. The number of aryl methyl sites for hydroxylation is 1. The number of hydrogen-bond acceptors (Lipinski definition) is 2. The van der Waals surface area contributed by atoms with Crippen LogP contribution in [0.4, 0.5) is 0 Å². The highest BCUT2D eigenvalue weighted by atomic mass is 16.5. The summed E-state index contributed by atoms with van der Waals surface area (Å²) >= 11 is 0. The molecule has 1 aromatic rings. The van der Waals surface area contributed by atoms with E-state index in [0.29, 0.717) is 19.1 Å². The average molecular weight is 235 g/mol. The van der Waals surface area contributed by atoms with Crippen molar-refractivity contribution in [3.8, 4) is 5.75 Å². The van der Waals surface area contributed by atoms with Crippen molar-refractivity contribution in [3.63, 3.8) is 0 Å². The fourth-order valence-electron chi connectivity index (χ4n) is 1.72. The second-order valence-corrected chi connectivity index (χ2v) is 5.83. The molecule has 0 aliphatic carbocycles. The molecule has 0 bridgehead atoms. The summed E-state index contributed by atoms with van der Waals surface area (Å²) in [5, 5.41) is 0. The van der Waals surface area contributed by atoms with Crippen LogP contribution in [0.5, 0.6) is 5.75 Å². The maximum atomic E-state index is 5.80. The van der Waals surface area contributed by atoms with E-state index in [2.05, 4.69) is 52.8 Å². The predicted octanol–water partition coefficient (Wildman–Crippen LogP) is 3.48. The topological polar surface area (TPSA) is 35.2 Å². The lowest BCUT2D eigenvalue weighted by atomic mass is 9.95. The summed E-state index contributed by atoms with van der Waals surface area (Å²) in [6.07, 6.45) is 0. The van der Waals surface area contributed by atoms with Gasteiger partial charge in [0, 0.05) is 12.0 Å². The Morgan fingerprint density at radius 1 is 1.29 bits per heavy atom. The Balaban J connectivity index is 2.71. The van der Waals surface area contributed by atoms with E-state index in [1.807, 2.05) is 0 Å². The van der Waals surface area contributed by atoms with Crippen LogP contribution in [0.15, 0.2) is 18.2 Å². The standard InChI is InChI=1S/C15H25NO/c1-11(2)14-7-6-13(8-12(14)3)17-10-15(4,5)9-16/h6-8,11H,9-10,16H2,1-5H3. The van der Waals surface area contributed by atoms with Crippen LogP contribution in [0.25, 0.3) is 0 Å². The Kier molecular flexibility index (Phi) is 4.58. The van der Waals surface area contributed by atoms with Crippen LogP contribution >= 0.6 is 0 Å². The van der Waals surface area contributed by atoms with Gasteiger partial charge in [-0.1, -0.05) is 33.8 Å². The van der Waals surface area contributed by atoms with E-state index >= 15 is 0 Å². The van der Waals surface area contributed by atoms with Crippen LogP contribution < -0.4 is 10.5 Å².